The van der Waals surface area contributed by atoms with E-state index < -0.39 is 0 Å². The van der Waals surface area contributed by atoms with Gasteiger partial charge in [0.2, 0.25) is 5.91 Å². The molecular formula is C11H13Br2N3O. The predicted octanol–water partition coefficient (Wildman–Crippen LogP) is 2.32. The molecule has 0 aliphatic carbocycles. The summed E-state index contributed by atoms with van der Waals surface area (Å²) < 4.78 is 1.83. The second-order valence-electron chi connectivity index (χ2n) is 3.92. The molecule has 0 saturated carbocycles. The van der Waals surface area contributed by atoms with E-state index in [2.05, 4.69) is 47.1 Å². The van der Waals surface area contributed by atoms with Crippen LogP contribution in [0.2, 0.25) is 0 Å². The third kappa shape index (κ3) is 2.63. The van der Waals surface area contributed by atoms with E-state index in [0.29, 0.717) is 0 Å². The van der Waals surface area contributed by atoms with E-state index in [1.54, 1.807) is 13.2 Å². The van der Waals surface area contributed by atoms with Gasteiger partial charge in [0.05, 0.1) is 4.47 Å². The van der Waals surface area contributed by atoms with E-state index in [0.717, 1.165) is 34.1 Å². The molecular weight excluding hydrogens is 350 g/mol. The van der Waals surface area contributed by atoms with Gasteiger partial charge in [-0.15, -0.1) is 0 Å². The van der Waals surface area contributed by atoms with Gasteiger partial charge in [-0.05, 0) is 50.8 Å². The van der Waals surface area contributed by atoms with Gasteiger partial charge in [0.1, 0.15) is 11.9 Å². The molecule has 2 heterocycles. The van der Waals surface area contributed by atoms with Crippen LogP contribution in [0.3, 0.4) is 0 Å². The van der Waals surface area contributed by atoms with Crippen LogP contribution in [-0.2, 0) is 4.79 Å². The normalized spacial score (nSPS) is 19.5. The minimum absolute atomic E-state index is 0.0547. The van der Waals surface area contributed by atoms with Gasteiger partial charge in [-0.1, -0.05) is 0 Å². The Balaban J connectivity index is 2.29. The number of carbonyl (C=O) groups excluding carboxylic acids is 1. The van der Waals surface area contributed by atoms with E-state index in [9.17, 15) is 4.79 Å². The summed E-state index contributed by atoms with van der Waals surface area (Å²) in [6.07, 6.45) is 3.64. The van der Waals surface area contributed by atoms with Crippen LogP contribution in [0.15, 0.2) is 21.2 Å². The minimum atomic E-state index is -0.107. The van der Waals surface area contributed by atoms with Crippen LogP contribution >= 0.6 is 31.9 Å². The zero-order chi connectivity index (χ0) is 12.4. The molecule has 2 rings (SSSR count). The van der Waals surface area contributed by atoms with Crippen LogP contribution in [0.4, 0.5) is 5.82 Å². The fourth-order valence-corrected chi connectivity index (χ4v) is 3.29. The number of halogens is 2. The highest BCUT2D eigenvalue weighted by Crippen LogP contribution is 2.31. The number of pyridine rings is 1. The first-order chi connectivity index (χ1) is 8.13. The predicted molar refractivity (Wildman–Crippen MR) is 74.1 cm³/mol. The summed E-state index contributed by atoms with van der Waals surface area (Å²) in [7, 11) is 1.67. The van der Waals surface area contributed by atoms with Gasteiger partial charge in [-0.25, -0.2) is 4.98 Å². The Labute approximate surface area is 117 Å². The SMILES string of the molecule is CNC(=O)C1CCCN1c1ncc(Br)cc1Br. The Hall–Kier alpha value is -0.620. The molecule has 6 heteroatoms. The summed E-state index contributed by atoms with van der Waals surface area (Å²) >= 11 is 6.86. The van der Waals surface area contributed by atoms with Crippen molar-refractivity contribution < 1.29 is 4.79 Å². The highest BCUT2D eigenvalue weighted by Gasteiger charge is 2.31. The minimum Gasteiger partial charge on any atom is -0.357 e. The molecule has 1 unspecified atom stereocenters. The van der Waals surface area contributed by atoms with Gasteiger partial charge in [0.25, 0.3) is 0 Å². The number of nitrogens with zero attached hydrogens (tertiary/aromatic N) is 2. The number of rotatable bonds is 2. The van der Waals surface area contributed by atoms with Gasteiger partial charge >= 0.3 is 0 Å². The topological polar surface area (TPSA) is 45.2 Å². The smallest absolute Gasteiger partial charge is 0.242 e. The molecule has 1 aromatic rings. The van der Waals surface area contributed by atoms with E-state index in [1.807, 2.05) is 6.07 Å². The Bertz CT molecular complexity index is 439. The lowest BCUT2D eigenvalue weighted by Gasteiger charge is -2.25. The van der Waals surface area contributed by atoms with Crippen molar-refractivity contribution in [2.24, 2.45) is 0 Å². The molecule has 1 aliphatic heterocycles. The number of hydrogen-bond donors (Lipinski definition) is 1. The number of amides is 1. The van der Waals surface area contributed by atoms with Crippen LogP contribution in [0.25, 0.3) is 0 Å². The van der Waals surface area contributed by atoms with Gasteiger partial charge in [0, 0.05) is 24.3 Å². The third-order valence-electron chi connectivity index (χ3n) is 2.86. The molecule has 0 spiro atoms. The summed E-state index contributed by atoms with van der Waals surface area (Å²) in [5, 5.41) is 2.70. The maximum atomic E-state index is 11.8. The van der Waals surface area contributed by atoms with Gasteiger partial charge < -0.3 is 10.2 Å². The number of hydrogen-bond acceptors (Lipinski definition) is 3. The molecule has 1 amide bonds. The molecule has 1 fully saturated rings. The summed E-state index contributed by atoms with van der Waals surface area (Å²) in [6, 6.07) is 1.84. The second-order valence-corrected chi connectivity index (χ2v) is 5.69. The third-order valence-corrected chi connectivity index (χ3v) is 3.88. The Kier molecular flexibility index (Phi) is 4.04. The van der Waals surface area contributed by atoms with Crippen molar-refractivity contribution in [1.29, 1.82) is 0 Å². The molecule has 1 N–H and O–H groups in total. The summed E-state index contributed by atoms with van der Waals surface area (Å²) in [5.74, 6) is 0.887. The van der Waals surface area contributed by atoms with Gasteiger partial charge in [-0.2, -0.15) is 0 Å². The molecule has 0 bridgehead atoms. The average molecular weight is 363 g/mol. The zero-order valence-electron chi connectivity index (χ0n) is 9.41. The van der Waals surface area contributed by atoms with Crippen LogP contribution in [0.1, 0.15) is 12.8 Å². The maximum Gasteiger partial charge on any atom is 0.242 e. The summed E-state index contributed by atoms with van der Waals surface area (Å²) in [4.78, 5) is 18.2. The van der Waals surface area contributed by atoms with Crippen molar-refractivity contribution in [2.45, 2.75) is 18.9 Å². The van der Waals surface area contributed by atoms with Crippen LogP contribution < -0.4 is 10.2 Å². The average Bonchev–Trinajstić information content (AvgIpc) is 2.77. The lowest BCUT2D eigenvalue weighted by Crippen LogP contribution is -2.42. The lowest BCUT2D eigenvalue weighted by molar-refractivity contribution is -0.121. The number of carbonyl (C=O) groups is 1. The maximum absolute atomic E-state index is 11.8. The van der Waals surface area contributed by atoms with Crippen LogP contribution in [0, 0.1) is 0 Å². The standard InChI is InChI=1S/C11H13Br2N3O/c1-14-11(17)9-3-2-4-16(9)10-8(13)5-7(12)6-15-10/h5-6,9H,2-4H2,1H3,(H,14,17). The molecule has 0 radical (unpaired) electrons. The van der Waals surface area contributed by atoms with Crippen molar-refractivity contribution in [3.63, 3.8) is 0 Å². The van der Waals surface area contributed by atoms with Gasteiger partial charge in [-0.3, -0.25) is 4.79 Å². The second kappa shape index (κ2) is 5.35. The molecule has 1 atom stereocenters. The lowest BCUT2D eigenvalue weighted by atomic mass is 10.2. The quantitative estimate of drug-likeness (QED) is 0.878. The first-order valence-electron chi connectivity index (χ1n) is 5.42. The largest absolute Gasteiger partial charge is 0.357 e. The van der Waals surface area contributed by atoms with Crippen molar-refractivity contribution in [3.8, 4) is 0 Å². The number of nitrogens with one attached hydrogen (secondary N) is 1. The molecule has 17 heavy (non-hydrogen) atoms. The Morgan fingerprint density at radius 3 is 3.00 bits per heavy atom. The summed E-state index contributed by atoms with van der Waals surface area (Å²) in [5.41, 5.74) is 0. The van der Waals surface area contributed by atoms with Crippen LogP contribution in [-0.4, -0.2) is 30.5 Å². The molecule has 1 saturated heterocycles. The van der Waals surface area contributed by atoms with E-state index in [1.165, 1.54) is 0 Å². The fourth-order valence-electron chi connectivity index (χ4n) is 2.08. The highest BCUT2D eigenvalue weighted by molar-refractivity contribution is 9.11. The van der Waals surface area contributed by atoms with Crippen molar-refractivity contribution >= 4 is 43.6 Å². The fraction of sp³-hybridized carbons (Fsp3) is 0.455. The number of aromatic nitrogens is 1. The Morgan fingerprint density at radius 1 is 1.59 bits per heavy atom. The van der Waals surface area contributed by atoms with Crippen molar-refractivity contribution in [1.82, 2.24) is 10.3 Å². The number of anilines is 1. The van der Waals surface area contributed by atoms with Gasteiger partial charge in [0.15, 0.2) is 0 Å². The molecule has 92 valence electrons. The van der Waals surface area contributed by atoms with Crippen molar-refractivity contribution in [3.05, 3.63) is 21.2 Å². The molecule has 1 aromatic heterocycles. The highest BCUT2D eigenvalue weighted by atomic mass is 79.9. The van der Waals surface area contributed by atoms with E-state index in [-0.39, 0.29) is 11.9 Å². The first kappa shape index (κ1) is 12.8. The molecule has 1 aliphatic rings. The Morgan fingerprint density at radius 2 is 2.35 bits per heavy atom. The monoisotopic (exact) mass is 361 g/mol. The van der Waals surface area contributed by atoms with Crippen molar-refractivity contribution in [2.75, 3.05) is 18.5 Å². The summed E-state index contributed by atoms with van der Waals surface area (Å²) in [6.45, 7) is 0.866. The molecule has 0 aromatic carbocycles. The first-order valence-corrected chi connectivity index (χ1v) is 7.01. The zero-order valence-corrected chi connectivity index (χ0v) is 12.6. The van der Waals surface area contributed by atoms with E-state index >= 15 is 0 Å². The van der Waals surface area contributed by atoms with E-state index in [4.69, 9.17) is 0 Å². The number of likely N-dealkylation sites (N-methyl/N-ethyl adjacent to an activating group) is 1. The molecule has 4 nitrogen and oxygen atoms in total. The van der Waals surface area contributed by atoms with Crippen LogP contribution in [0.5, 0.6) is 0 Å².